The van der Waals surface area contributed by atoms with Crippen LogP contribution in [0.15, 0.2) is 4.42 Å². The minimum Gasteiger partial charge on any atom is -0.446 e. The molecule has 1 atom stereocenters. The van der Waals surface area contributed by atoms with Gasteiger partial charge in [-0.1, -0.05) is 0 Å². The summed E-state index contributed by atoms with van der Waals surface area (Å²) < 4.78 is 5.63. The summed E-state index contributed by atoms with van der Waals surface area (Å²) in [4.78, 5) is 6.95. The van der Waals surface area contributed by atoms with Gasteiger partial charge in [-0.15, -0.1) is 0 Å². The summed E-state index contributed by atoms with van der Waals surface area (Å²) in [5, 5.41) is 0. The van der Waals surface area contributed by atoms with Crippen molar-refractivity contribution in [2.45, 2.75) is 32.1 Å². The van der Waals surface area contributed by atoms with Crippen LogP contribution in [0.4, 0.5) is 0 Å². The summed E-state index contributed by atoms with van der Waals surface area (Å²) in [6.45, 7) is 4.90. The Hall–Kier alpha value is -0.870. The maximum atomic E-state index is 5.63. The van der Waals surface area contributed by atoms with Gasteiger partial charge < -0.3 is 15.1 Å². The minimum atomic E-state index is 0.536. The van der Waals surface area contributed by atoms with Crippen molar-refractivity contribution in [1.82, 2.24) is 9.88 Å². The molecule has 0 aromatic carbocycles. The second-order valence-electron chi connectivity index (χ2n) is 4.69. The molecular formula is C12H21N3O. The van der Waals surface area contributed by atoms with E-state index < -0.39 is 0 Å². The van der Waals surface area contributed by atoms with Crippen LogP contribution >= 0.6 is 0 Å². The van der Waals surface area contributed by atoms with Crippen molar-refractivity contribution < 1.29 is 4.42 Å². The van der Waals surface area contributed by atoms with Gasteiger partial charge in [-0.2, -0.15) is 0 Å². The van der Waals surface area contributed by atoms with E-state index in [0.29, 0.717) is 12.5 Å². The van der Waals surface area contributed by atoms with E-state index >= 15 is 0 Å². The molecule has 4 nitrogen and oxygen atoms in total. The van der Waals surface area contributed by atoms with Crippen LogP contribution in [0.25, 0.3) is 0 Å². The summed E-state index contributed by atoms with van der Waals surface area (Å²) >= 11 is 0. The van der Waals surface area contributed by atoms with Crippen LogP contribution in [-0.4, -0.2) is 36.6 Å². The molecule has 1 fully saturated rings. The van der Waals surface area contributed by atoms with Crippen LogP contribution in [0.2, 0.25) is 0 Å². The number of likely N-dealkylation sites (tertiary alicyclic amines) is 1. The number of piperidine rings is 1. The quantitative estimate of drug-likeness (QED) is 0.839. The molecule has 0 bridgehead atoms. The zero-order chi connectivity index (χ0) is 11.5. The van der Waals surface area contributed by atoms with Crippen LogP contribution in [0.3, 0.4) is 0 Å². The predicted molar refractivity (Wildman–Crippen MR) is 63.5 cm³/mol. The van der Waals surface area contributed by atoms with Gasteiger partial charge >= 0.3 is 0 Å². The van der Waals surface area contributed by atoms with Gasteiger partial charge in [0.15, 0.2) is 5.89 Å². The fourth-order valence-corrected chi connectivity index (χ4v) is 2.46. The second kappa shape index (κ2) is 4.97. The van der Waals surface area contributed by atoms with E-state index in [-0.39, 0.29) is 0 Å². The van der Waals surface area contributed by atoms with E-state index in [4.69, 9.17) is 10.2 Å². The van der Waals surface area contributed by atoms with Gasteiger partial charge in [0.2, 0.25) is 0 Å². The smallest absolute Gasteiger partial charge is 0.195 e. The third kappa shape index (κ3) is 2.44. The van der Waals surface area contributed by atoms with Gasteiger partial charge in [0, 0.05) is 25.4 Å². The Bertz CT molecular complexity index is 348. The lowest BCUT2D eigenvalue weighted by Crippen LogP contribution is -2.31. The molecule has 2 heterocycles. The Balaban J connectivity index is 2.12. The van der Waals surface area contributed by atoms with Crippen molar-refractivity contribution in [1.29, 1.82) is 0 Å². The molecule has 0 radical (unpaired) electrons. The van der Waals surface area contributed by atoms with Gasteiger partial charge in [-0.25, -0.2) is 4.98 Å². The third-order valence-electron chi connectivity index (χ3n) is 3.25. The average molecular weight is 223 g/mol. The molecule has 0 spiro atoms. The van der Waals surface area contributed by atoms with Crippen molar-refractivity contribution in [2.75, 3.05) is 26.7 Å². The molecule has 0 aliphatic carbocycles. The highest BCUT2D eigenvalue weighted by Crippen LogP contribution is 2.28. The SMILES string of the molecule is Cc1oc(CCN)nc1C1CCCN(C)C1. The first-order valence-corrected chi connectivity index (χ1v) is 6.05. The van der Waals surface area contributed by atoms with Gasteiger partial charge in [0.05, 0.1) is 5.69 Å². The molecule has 90 valence electrons. The molecule has 1 unspecified atom stereocenters. The van der Waals surface area contributed by atoms with E-state index in [0.717, 1.165) is 30.3 Å². The first kappa shape index (κ1) is 11.6. The summed E-state index contributed by atoms with van der Waals surface area (Å²) in [7, 11) is 2.17. The standard InChI is InChI=1S/C12H21N3O/c1-9-12(14-11(16-9)5-6-13)10-4-3-7-15(2)8-10/h10H,3-8,13H2,1-2H3. The van der Waals surface area contributed by atoms with Gasteiger partial charge in [-0.05, 0) is 33.4 Å². The second-order valence-corrected chi connectivity index (χ2v) is 4.69. The fraction of sp³-hybridized carbons (Fsp3) is 0.750. The van der Waals surface area contributed by atoms with E-state index in [1.165, 1.54) is 19.4 Å². The van der Waals surface area contributed by atoms with Crippen LogP contribution in [0, 0.1) is 6.92 Å². The largest absolute Gasteiger partial charge is 0.446 e. The van der Waals surface area contributed by atoms with Crippen LogP contribution in [0.1, 0.15) is 36.1 Å². The van der Waals surface area contributed by atoms with E-state index in [1.54, 1.807) is 0 Å². The van der Waals surface area contributed by atoms with Gasteiger partial charge in [-0.3, -0.25) is 0 Å². The Morgan fingerprint density at radius 1 is 1.56 bits per heavy atom. The maximum absolute atomic E-state index is 5.63. The molecule has 2 rings (SSSR count). The zero-order valence-electron chi connectivity index (χ0n) is 10.2. The molecule has 0 amide bonds. The number of nitrogens with two attached hydrogens (primary N) is 1. The van der Waals surface area contributed by atoms with Crippen molar-refractivity contribution in [3.05, 3.63) is 17.3 Å². The van der Waals surface area contributed by atoms with Crippen molar-refractivity contribution in [2.24, 2.45) is 5.73 Å². The van der Waals surface area contributed by atoms with Crippen LogP contribution in [0.5, 0.6) is 0 Å². The molecule has 1 saturated heterocycles. The highest BCUT2D eigenvalue weighted by Gasteiger charge is 2.24. The molecule has 4 heteroatoms. The molecular weight excluding hydrogens is 202 g/mol. The lowest BCUT2D eigenvalue weighted by Gasteiger charge is -2.28. The minimum absolute atomic E-state index is 0.536. The first-order valence-electron chi connectivity index (χ1n) is 6.05. The van der Waals surface area contributed by atoms with Crippen LogP contribution in [-0.2, 0) is 6.42 Å². The van der Waals surface area contributed by atoms with Crippen LogP contribution < -0.4 is 5.73 Å². The lowest BCUT2D eigenvalue weighted by molar-refractivity contribution is 0.247. The molecule has 2 N–H and O–H groups in total. The van der Waals surface area contributed by atoms with Crippen molar-refractivity contribution >= 4 is 0 Å². The Labute approximate surface area is 96.8 Å². The van der Waals surface area contributed by atoms with Gasteiger partial charge in [0.25, 0.3) is 0 Å². The number of likely N-dealkylation sites (N-methyl/N-ethyl adjacent to an activating group) is 1. The van der Waals surface area contributed by atoms with Crippen molar-refractivity contribution in [3.8, 4) is 0 Å². The monoisotopic (exact) mass is 223 g/mol. The van der Waals surface area contributed by atoms with Gasteiger partial charge in [0.1, 0.15) is 5.76 Å². The number of hydrogen-bond acceptors (Lipinski definition) is 4. The first-order chi connectivity index (χ1) is 7.70. The molecule has 1 aliphatic rings. The van der Waals surface area contributed by atoms with Crippen molar-refractivity contribution in [3.63, 3.8) is 0 Å². The number of aromatic nitrogens is 1. The van der Waals surface area contributed by atoms with E-state index in [9.17, 15) is 0 Å². The number of nitrogens with zero attached hydrogens (tertiary/aromatic N) is 2. The molecule has 0 saturated carbocycles. The Kier molecular flexibility index (Phi) is 3.61. The summed E-state index contributed by atoms with van der Waals surface area (Å²) in [6.07, 6.45) is 3.21. The normalized spacial score (nSPS) is 22.6. The molecule has 1 aliphatic heterocycles. The number of oxazole rings is 1. The van der Waals surface area contributed by atoms with E-state index in [2.05, 4.69) is 16.9 Å². The predicted octanol–water partition coefficient (Wildman–Crippen LogP) is 1.29. The molecule has 1 aromatic rings. The summed E-state index contributed by atoms with van der Waals surface area (Å²) in [5.74, 6) is 2.31. The average Bonchev–Trinajstić information content (AvgIpc) is 2.60. The maximum Gasteiger partial charge on any atom is 0.195 e. The molecule has 1 aromatic heterocycles. The fourth-order valence-electron chi connectivity index (χ4n) is 2.46. The number of rotatable bonds is 3. The lowest BCUT2D eigenvalue weighted by atomic mass is 9.94. The molecule has 16 heavy (non-hydrogen) atoms. The topological polar surface area (TPSA) is 55.3 Å². The zero-order valence-corrected chi connectivity index (χ0v) is 10.2. The highest BCUT2D eigenvalue weighted by molar-refractivity contribution is 5.15. The number of aryl methyl sites for hydroxylation is 1. The summed E-state index contributed by atoms with van der Waals surface area (Å²) in [6, 6.07) is 0. The third-order valence-corrected chi connectivity index (χ3v) is 3.25. The summed E-state index contributed by atoms with van der Waals surface area (Å²) in [5.41, 5.74) is 6.66. The Morgan fingerprint density at radius 3 is 3.06 bits per heavy atom. The van der Waals surface area contributed by atoms with E-state index in [1.807, 2.05) is 6.92 Å². The number of hydrogen-bond donors (Lipinski definition) is 1. The Morgan fingerprint density at radius 2 is 2.38 bits per heavy atom. The highest BCUT2D eigenvalue weighted by atomic mass is 16.4.